The van der Waals surface area contributed by atoms with E-state index < -0.39 is 6.43 Å². The van der Waals surface area contributed by atoms with Crippen molar-refractivity contribution in [3.05, 3.63) is 22.3 Å². The van der Waals surface area contributed by atoms with Crippen molar-refractivity contribution in [3.63, 3.8) is 0 Å². The fraction of sp³-hybridized carbons (Fsp3) is 0.444. The van der Waals surface area contributed by atoms with Crippen LogP contribution in [0.15, 0.2) is 16.7 Å². The Balaban J connectivity index is 2.80. The van der Waals surface area contributed by atoms with Gasteiger partial charge in [-0.25, -0.2) is 13.8 Å². The zero-order chi connectivity index (χ0) is 10.7. The summed E-state index contributed by atoms with van der Waals surface area (Å²) in [6.45, 7) is 1.60. The van der Waals surface area contributed by atoms with Crippen LogP contribution >= 0.6 is 15.9 Å². The molecule has 78 valence electrons. The predicted molar refractivity (Wildman–Crippen MR) is 55.9 cm³/mol. The van der Waals surface area contributed by atoms with Gasteiger partial charge in [-0.2, -0.15) is 0 Å². The van der Waals surface area contributed by atoms with Gasteiger partial charge >= 0.3 is 0 Å². The number of aryl methyl sites for hydroxylation is 1. The van der Waals surface area contributed by atoms with Gasteiger partial charge in [-0.05, 0) is 34.5 Å². The highest BCUT2D eigenvalue weighted by atomic mass is 79.9. The Morgan fingerprint density at radius 2 is 2.21 bits per heavy atom. The highest BCUT2D eigenvalue weighted by molar-refractivity contribution is 9.10. The second kappa shape index (κ2) is 4.68. The predicted octanol–water partition coefficient (Wildman–Crippen LogP) is 2.85. The molecule has 0 unspecified atom stereocenters. The van der Waals surface area contributed by atoms with Gasteiger partial charge in [-0.1, -0.05) is 0 Å². The van der Waals surface area contributed by atoms with E-state index in [1.54, 1.807) is 19.3 Å². The molecule has 0 spiro atoms. The number of rotatable bonds is 3. The number of aromatic nitrogens is 1. The molecular weight excluding hydrogens is 254 g/mol. The molecule has 1 heterocycles. The summed E-state index contributed by atoms with van der Waals surface area (Å²) in [4.78, 5) is 5.47. The molecule has 0 fully saturated rings. The van der Waals surface area contributed by atoms with E-state index >= 15 is 0 Å². The van der Waals surface area contributed by atoms with Gasteiger partial charge in [-0.3, -0.25) is 0 Å². The van der Waals surface area contributed by atoms with E-state index in [1.165, 1.54) is 4.90 Å². The van der Waals surface area contributed by atoms with Crippen molar-refractivity contribution in [1.82, 2.24) is 4.98 Å². The lowest BCUT2D eigenvalue weighted by atomic mass is 10.3. The van der Waals surface area contributed by atoms with Crippen molar-refractivity contribution in [2.75, 3.05) is 18.5 Å². The zero-order valence-corrected chi connectivity index (χ0v) is 9.55. The van der Waals surface area contributed by atoms with Crippen LogP contribution in [0.2, 0.25) is 0 Å². The lowest BCUT2D eigenvalue weighted by Gasteiger charge is -2.17. The second-order valence-electron chi connectivity index (χ2n) is 3.06. The number of pyridine rings is 1. The molecule has 0 N–H and O–H groups in total. The van der Waals surface area contributed by atoms with Crippen LogP contribution in [0.5, 0.6) is 0 Å². The summed E-state index contributed by atoms with van der Waals surface area (Å²) < 4.78 is 25.0. The van der Waals surface area contributed by atoms with Crippen molar-refractivity contribution < 1.29 is 8.78 Å². The largest absolute Gasteiger partial charge is 0.354 e. The van der Waals surface area contributed by atoms with Gasteiger partial charge < -0.3 is 4.90 Å². The Kier molecular flexibility index (Phi) is 3.80. The summed E-state index contributed by atoms with van der Waals surface area (Å²) >= 11 is 3.30. The molecule has 0 radical (unpaired) electrons. The summed E-state index contributed by atoms with van der Waals surface area (Å²) in [6, 6.07) is 1.77. The average molecular weight is 265 g/mol. The van der Waals surface area contributed by atoms with Crippen molar-refractivity contribution in [2.24, 2.45) is 0 Å². The van der Waals surface area contributed by atoms with E-state index in [0.717, 1.165) is 10.0 Å². The van der Waals surface area contributed by atoms with Gasteiger partial charge in [0.05, 0.1) is 6.54 Å². The van der Waals surface area contributed by atoms with Gasteiger partial charge in [0.2, 0.25) is 0 Å². The maximum atomic E-state index is 12.1. The number of hydrogen-bond acceptors (Lipinski definition) is 2. The van der Waals surface area contributed by atoms with Gasteiger partial charge in [0.25, 0.3) is 6.43 Å². The van der Waals surface area contributed by atoms with Crippen molar-refractivity contribution >= 4 is 21.7 Å². The lowest BCUT2D eigenvalue weighted by Crippen LogP contribution is -2.24. The Labute approximate surface area is 90.1 Å². The van der Waals surface area contributed by atoms with Crippen LogP contribution in [0.4, 0.5) is 14.6 Å². The Hall–Kier alpha value is -0.710. The molecule has 0 saturated heterocycles. The van der Waals surface area contributed by atoms with Crippen LogP contribution in [0.25, 0.3) is 0 Å². The van der Waals surface area contributed by atoms with Crippen molar-refractivity contribution in [2.45, 2.75) is 13.3 Å². The van der Waals surface area contributed by atoms with Crippen LogP contribution in [0, 0.1) is 6.92 Å². The third-order valence-corrected chi connectivity index (χ3v) is 2.67. The molecule has 0 aromatic carbocycles. The highest BCUT2D eigenvalue weighted by Crippen LogP contribution is 2.19. The topological polar surface area (TPSA) is 16.1 Å². The third-order valence-electron chi connectivity index (χ3n) is 1.84. The minimum Gasteiger partial charge on any atom is -0.354 e. The average Bonchev–Trinajstić information content (AvgIpc) is 2.08. The van der Waals surface area contributed by atoms with E-state index in [0.29, 0.717) is 5.82 Å². The monoisotopic (exact) mass is 264 g/mol. The maximum Gasteiger partial charge on any atom is 0.255 e. The molecule has 14 heavy (non-hydrogen) atoms. The maximum absolute atomic E-state index is 12.1. The van der Waals surface area contributed by atoms with E-state index in [9.17, 15) is 8.78 Å². The smallest absolute Gasteiger partial charge is 0.255 e. The van der Waals surface area contributed by atoms with Gasteiger partial charge in [0, 0.05) is 17.7 Å². The summed E-state index contributed by atoms with van der Waals surface area (Å²) in [5.41, 5.74) is 0.983. The molecule has 1 aromatic heterocycles. The fourth-order valence-corrected chi connectivity index (χ4v) is 1.25. The highest BCUT2D eigenvalue weighted by Gasteiger charge is 2.10. The van der Waals surface area contributed by atoms with E-state index in [-0.39, 0.29) is 6.54 Å². The molecule has 0 atom stereocenters. The number of anilines is 1. The molecule has 1 aromatic rings. The lowest BCUT2D eigenvalue weighted by molar-refractivity contribution is 0.156. The fourth-order valence-electron chi connectivity index (χ4n) is 1.03. The van der Waals surface area contributed by atoms with E-state index in [1.807, 2.05) is 6.92 Å². The number of nitrogens with zero attached hydrogens (tertiary/aromatic N) is 2. The molecule has 5 heteroatoms. The first-order valence-corrected chi connectivity index (χ1v) is 4.91. The first-order chi connectivity index (χ1) is 6.50. The van der Waals surface area contributed by atoms with Gasteiger partial charge in [-0.15, -0.1) is 0 Å². The Morgan fingerprint density at radius 3 is 2.71 bits per heavy atom. The summed E-state index contributed by atoms with van der Waals surface area (Å²) in [6.07, 6.45) is -0.724. The van der Waals surface area contributed by atoms with E-state index in [4.69, 9.17) is 0 Å². The minimum absolute atomic E-state index is 0.298. The van der Waals surface area contributed by atoms with Crippen LogP contribution in [-0.4, -0.2) is 25.0 Å². The molecule has 1 rings (SSSR count). The molecule has 0 aliphatic rings. The normalized spacial score (nSPS) is 10.7. The first kappa shape index (κ1) is 11.4. The van der Waals surface area contributed by atoms with Crippen molar-refractivity contribution in [1.29, 1.82) is 0 Å². The van der Waals surface area contributed by atoms with Crippen LogP contribution in [-0.2, 0) is 0 Å². The molecule has 2 nitrogen and oxygen atoms in total. The van der Waals surface area contributed by atoms with Crippen LogP contribution in [0.3, 0.4) is 0 Å². The molecule has 0 amide bonds. The first-order valence-electron chi connectivity index (χ1n) is 4.12. The van der Waals surface area contributed by atoms with Crippen molar-refractivity contribution in [3.8, 4) is 0 Å². The molecular formula is C9H11BrF2N2. The SMILES string of the molecule is Cc1cc(N(C)CC(F)F)ncc1Br. The van der Waals surface area contributed by atoms with Crippen LogP contribution < -0.4 is 4.90 Å². The summed E-state index contributed by atoms with van der Waals surface area (Å²) in [7, 11) is 1.60. The minimum atomic E-state index is -2.34. The molecule has 0 saturated carbocycles. The summed E-state index contributed by atoms with van der Waals surface area (Å²) in [5, 5.41) is 0. The quantitative estimate of drug-likeness (QED) is 0.835. The second-order valence-corrected chi connectivity index (χ2v) is 3.92. The van der Waals surface area contributed by atoms with Crippen LogP contribution in [0.1, 0.15) is 5.56 Å². The third kappa shape index (κ3) is 2.90. The summed E-state index contributed by atoms with van der Waals surface area (Å²) in [5.74, 6) is 0.561. The Bertz CT molecular complexity index is 318. The number of hydrogen-bond donors (Lipinski definition) is 0. The van der Waals surface area contributed by atoms with Gasteiger partial charge in [0.1, 0.15) is 5.82 Å². The number of alkyl halides is 2. The standard InChI is InChI=1S/C9H11BrF2N2/c1-6-3-9(13-4-7(6)10)14(2)5-8(11)12/h3-4,8H,5H2,1-2H3. The molecule has 0 aliphatic heterocycles. The Morgan fingerprint density at radius 1 is 1.57 bits per heavy atom. The molecule has 0 bridgehead atoms. The zero-order valence-electron chi connectivity index (χ0n) is 7.97. The molecule has 0 aliphatic carbocycles. The van der Waals surface area contributed by atoms with E-state index in [2.05, 4.69) is 20.9 Å². The van der Waals surface area contributed by atoms with Gasteiger partial charge in [0.15, 0.2) is 0 Å². The number of halogens is 3.